The summed E-state index contributed by atoms with van der Waals surface area (Å²) < 4.78 is 0. The fourth-order valence-corrected chi connectivity index (χ4v) is 2.07. The van der Waals surface area contributed by atoms with Gasteiger partial charge in [-0.25, -0.2) is 0 Å². The van der Waals surface area contributed by atoms with E-state index in [1.165, 1.54) is 11.8 Å². The number of hydrogen-bond donors (Lipinski definition) is 4. The van der Waals surface area contributed by atoms with E-state index in [9.17, 15) is 20.1 Å². The Morgan fingerprint density at radius 3 is 2.72 bits per heavy atom. The molecule has 9 nitrogen and oxygen atoms in total. The van der Waals surface area contributed by atoms with Crippen LogP contribution in [0.1, 0.15) is 6.92 Å². The summed E-state index contributed by atoms with van der Waals surface area (Å²) in [5.41, 5.74) is 8.27. The largest absolute Gasteiger partial charge is 0.395 e. The molecule has 1 heterocycles. The second-order valence-corrected chi connectivity index (χ2v) is 4.18. The van der Waals surface area contributed by atoms with Gasteiger partial charge in [0.05, 0.1) is 31.5 Å². The summed E-state index contributed by atoms with van der Waals surface area (Å²) in [6.45, 7) is 1.05. The van der Waals surface area contributed by atoms with Gasteiger partial charge in [-0.05, 0) is 5.53 Å². The van der Waals surface area contributed by atoms with Gasteiger partial charge in [0.15, 0.2) is 0 Å². The molecule has 1 aliphatic rings. The van der Waals surface area contributed by atoms with Crippen molar-refractivity contribution in [3.05, 3.63) is 10.4 Å². The molecule has 4 atom stereocenters. The highest BCUT2D eigenvalue weighted by Gasteiger charge is 2.41. The molecule has 0 aromatic rings. The minimum atomic E-state index is -1.23. The van der Waals surface area contributed by atoms with Crippen LogP contribution in [0.2, 0.25) is 0 Å². The monoisotopic (exact) mass is 259 g/mol. The smallest absolute Gasteiger partial charge is 0.217 e. The molecule has 1 fully saturated rings. The van der Waals surface area contributed by atoms with Crippen molar-refractivity contribution in [2.24, 2.45) is 5.11 Å². The number of nitrogens with one attached hydrogen (secondary N) is 1. The van der Waals surface area contributed by atoms with Crippen molar-refractivity contribution >= 4 is 5.91 Å². The maximum atomic E-state index is 11.0. The quantitative estimate of drug-likeness (QED) is 0.266. The second kappa shape index (κ2) is 6.53. The summed E-state index contributed by atoms with van der Waals surface area (Å²) in [4.78, 5) is 15.1. The molecule has 0 radical (unpaired) electrons. The van der Waals surface area contributed by atoms with E-state index in [0.717, 1.165) is 0 Å². The van der Waals surface area contributed by atoms with Crippen LogP contribution in [0.5, 0.6) is 0 Å². The minimum Gasteiger partial charge on any atom is -0.395 e. The molecule has 2 unspecified atom stereocenters. The average Bonchev–Trinajstić information content (AvgIpc) is 2.32. The first-order valence-corrected chi connectivity index (χ1v) is 5.50. The number of rotatable bonds is 4. The minimum absolute atomic E-state index is 0.0540. The SMILES string of the molecule is CC(=O)NC1CN(CN=[N+]=[N-])C(CO)[C@@H](O)[C@@H]1O. The molecule has 1 aliphatic heterocycles. The first-order valence-electron chi connectivity index (χ1n) is 5.50. The van der Waals surface area contributed by atoms with E-state index in [-0.39, 0.29) is 25.7 Å². The van der Waals surface area contributed by atoms with Crippen molar-refractivity contribution in [2.75, 3.05) is 19.8 Å². The molecule has 102 valence electrons. The summed E-state index contributed by atoms with van der Waals surface area (Å²) in [7, 11) is 0. The number of hydrogen-bond acceptors (Lipinski definition) is 6. The highest BCUT2D eigenvalue weighted by molar-refractivity contribution is 5.73. The second-order valence-electron chi connectivity index (χ2n) is 4.18. The highest BCUT2D eigenvalue weighted by atomic mass is 16.3. The zero-order valence-corrected chi connectivity index (χ0v) is 9.97. The van der Waals surface area contributed by atoms with Crippen LogP contribution < -0.4 is 5.32 Å². The summed E-state index contributed by atoms with van der Waals surface area (Å²) >= 11 is 0. The predicted octanol–water partition coefficient (Wildman–Crippen LogP) is -1.84. The molecule has 9 heteroatoms. The van der Waals surface area contributed by atoms with Crippen molar-refractivity contribution in [2.45, 2.75) is 31.2 Å². The van der Waals surface area contributed by atoms with Crippen LogP contribution in [0.4, 0.5) is 0 Å². The molecule has 1 amide bonds. The van der Waals surface area contributed by atoms with Crippen LogP contribution in [0.15, 0.2) is 5.11 Å². The van der Waals surface area contributed by atoms with E-state index in [2.05, 4.69) is 15.3 Å². The molecule has 0 saturated carbocycles. The van der Waals surface area contributed by atoms with Crippen LogP contribution >= 0.6 is 0 Å². The van der Waals surface area contributed by atoms with E-state index in [0.29, 0.717) is 0 Å². The molecule has 1 saturated heterocycles. The average molecular weight is 259 g/mol. The molecule has 18 heavy (non-hydrogen) atoms. The highest BCUT2D eigenvalue weighted by Crippen LogP contribution is 2.18. The Hall–Kier alpha value is -1.38. The van der Waals surface area contributed by atoms with Gasteiger partial charge in [-0.3, -0.25) is 9.69 Å². The standard InChI is InChI=1S/C9H17N5O4/c1-5(16)12-6-2-14(4-11-13-10)7(3-15)9(18)8(6)17/h6-9,15,17-18H,2-4H2,1H3,(H,12,16)/t6?,7?,8-,9-/m1/s1. The molecule has 0 spiro atoms. The van der Waals surface area contributed by atoms with Gasteiger partial charge in [0.1, 0.15) is 6.10 Å². The van der Waals surface area contributed by atoms with Crippen molar-refractivity contribution in [3.63, 3.8) is 0 Å². The Labute approximate surface area is 104 Å². The van der Waals surface area contributed by atoms with E-state index in [4.69, 9.17) is 5.53 Å². The molecule has 0 aromatic heterocycles. The number of carbonyl (C=O) groups excluding carboxylic acids is 1. The van der Waals surface area contributed by atoms with Crippen LogP contribution in [0.3, 0.4) is 0 Å². The Morgan fingerprint density at radius 2 is 2.22 bits per heavy atom. The zero-order chi connectivity index (χ0) is 13.7. The number of amides is 1. The van der Waals surface area contributed by atoms with Gasteiger partial charge >= 0.3 is 0 Å². The van der Waals surface area contributed by atoms with Gasteiger partial charge in [-0.2, -0.15) is 0 Å². The molecule has 1 rings (SSSR count). The number of nitrogens with zero attached hydrogens (tertiary/aromatic N) is 4. The van der Waals surface area contributed by atoms with Gasteiger partial charge in [0, 0.05) is 18.4 Å². The van der Waals surface area contributed by atoms with Crippen molar-refractivity contribution < 1.29 is 20.1 Å². The fourth-order valence-electron chi connectivity index (χ4n) is 2.07. The van der Waals surface area contributed by atoms with E-state index in [1.807, 2.05) is 0 Å². The third kappa shape index (κ3) is 3.31. The van der Waals surface area contributed by atoms with Crippen molar-refractivity contribution in [1.29, 1.82) is 0 Å². The van der Waals surface area contributed by atoms with Gasteiger partial charge in [-0.15, -0.1) is 0 Å². The maximum absolute atomic E-state index is 11.0. The van der Waals surface area contributed by atoms with Gasteiger partial charge in [0.2, 0.25) is 5.91 Å². The number of aliphatic hydroxyl groups excluding tert-OH is 3. The first kappa shape index (κ1) is 14.7. The first-order chi connectivity index (χ1) is 8.51. The number of azide groups is 1. The molecule has 0 aliphatic carbocycles. The summed E-state index contributed by atoms with van der Waals surface area (Å²) in [6, 6.07) is -1.40. The van der Waals surface area contributed by atoms with Crippen LogP contribution in [0.25, 0.3) is 10.4 Å². The number of aliphatic hydroxyl groups is 3. The van der Waals surface area contributed by atoms with E-state index in [1.54, 1.807) is 0 Å². The normalized spacial score (nSPS) is 32.7. The zero-order valence-electron chi connectivity index (χ0n) is 9.97. The van der Waals surface area contributed by atoms with Crippen LogP contribution in [0, 0.1) is 0 Å². The summed E-state index contributed by atoms with van der Waals surface area (Å²) in [5.74, 6) is -0.336. The molecular formula is C9H17N5O4. The predicted molar refractivity (Wildman–Crippen MR) is 61.2 cm³/mol. The third-order valence-electron chi connectivity index (χ3n) is 2.94. The molecule has 0 bridgehead atoms. The molecular weight excluding hydrogens is 242 g/mol. The van der Waals surface area contributed by atoms with Crippen LogP contribution in [-0.2, 0) is 4.79 Å². The molecule has 4 N–H and O–H groups in total. The van der Waals surface area contributed by atoms with Crippen molar-refractivity contribution in [3.8, 4) is 0 Å². The van der Waals surface area contributed by atoms with Gasteiger partial charge in [-0.1, -0.05) is 5.11 Å². The molecule has 0 aromatic carbocycles. The Kier molecular flexibility index (Phi) is 5.32. The fraction of sp³-hybridized carbons (Fsp3) is 0.889. The summed E-state index contributed by atoms with van der Waals surface area (Å²) in [5, 5.41) is 34.7. The summed E-state index contributed by atoms with van der Waals surface area (Å²) in [6.07, 6.45) is -2.40. The lowest BCUT2D eigenvalue weighted by Crippen LogP contribution is -2.66. The van der Waals surface area contributed by atoms with E-state index >= 15 is 0 Å². The Bertz CT molecular complexity index is 346. The van der Waals surface area contributed by atoms with Gasteiger partial charge in [0.25, 0.3) is 0 Å². The van der Waals surface area contributed by atoms with E-state index < -0.39 is 24.3 Å². The maximum Gasteiger partial charge on any atom is 0.217 e. The Morgan fingerprint density at radius 1 is 1.56 bits per heavy atom. The topological polar surface area (TPSA) is 142 Å². The Balaban J connectivity index is 2.81. The van der Waals surface area contributed by atoms with Gasteiger partial charge < -0.3 is 20.6 Å². The van der Waals surface area contributed by atoms with Crippen LogP contribution in [-0.4, -0.2) is 70.2 Å². The number of carbonyl (C=O) groups is 1. The lowest BCUT2D eigenvalue weighted by molar-refractivity contribution is -0.128. The third-order valence-corrected chi connectivity index (χ3v) is 2.94. The van der Waals surface area contributed by atoms with Crippen molar-refractivity contribution in [1.82, 2.24) is 10.2 Å². The number of likely N-dealkylation sites (tertiary alicyclic amines) is 1. The lowest BCUT2D eigenvalue weighted by atomic mass is 9.93. The lowest BCUT2D eigenvalue weighted by Gasteiger charge is -2.44. The number of piperidine rings is 1.